The highest BCUT2D eigenvalue weighted by Gasteiger charge is 2.27. The van der Waals surface area contributed by atoms with Crippen LogP contribution in [0.5, 0.6) is 0 Å². The highest BCUT2D eigenvalue weighted by Crippen LogP contribution is 2.39. The minimum absolute atomic E-state index is 0.193. The second-order valence-corrected chi connectivity index (χ2v) is 7.24. The maximum Gasteiger partial charge on any atom is 0.320 e. The summed E-state index contributed by atoms with van der Waals surface area (Å²) in [6.07, 6.45) is 3.30. The van der Waals surface area contributed by atoms with Gasteiger partial charge in [-0.15, -0.1) is 0 Å². The van der Waals surface area contributed by atoms with Gasteiger partial charge in [-0.1, -0.05) is 12.1 Å². The summed E-state index contributed by atoms with van der Waals surface area (Å²) in [5.74, 6) is 1.39. The number of aryl methyl sites for hydroxylation is 1. The zero-order valence-corrected chi connectivity index (χ0v) is 14.9. The van der Waals surface area contributed by atoms with Gasteiger partial charge in [-0.05, 0) is 37.3 Å². The topological polar surface area (TPSA) is 62.2 Å². The molecule has 0 radical (unpaired) electrons. The quantitative estimate of drug-likeness (QED) is 0.864. The van der Waals surface area contributed by atoms with Crippen molar-refractivity contribution in [1.29, 1.82) is 0 Å². The third kappa shape index (κ3) is 3.66. The van der Waals surface area contributed by atoms with E-state index in [0.29, 0.717) is 29.9 Å². The van der Waals surface area contributed by atoms with E-state index in [0.717, 1.165) is 25.2 Å². The van der Waals surface area contributed by atoms with Crippen LogP contribution in [0.4, 0.5) is 20.7 Å². The molecule has 2 amide bonds. The lowest BCUT2D eigenvalue weighted by molar-refractivity contribution is 0.250. The maximum atomic E-state index is 13.9. The number of amides is 2. The Labute approximate surface area is 152 Å². The number of nitrogens with zero attached hydrogens (tertiary/aromatic N) is 3. The predicted molar refractivity (Wildman–Crippen MR) is 98.9 cm³/mol. The molecular weight excluding hydrogens is 333 g/mol. The highest BCUT2D eigenvalue weighted by atomic mass is 19.1. The normalized spacial score (nSPS) is 19.6. The molecule has 7 heteroatoms. The fourth-order valence-corrected chi connectivity index (χ4v) is 3.51. The van der Waals surface area contributed by atoms with Crippen molar-refractivity contribution in [3.05, 3.63) is 41.8 Å². The smallest absolute Gasteiger partial charge is 0.320 e. The number of hydrogen-bond acceptors (Lipinski definition) is 3. The lowest BCUT2D eigenvalue weighted by Gasteiger charge is -2.19. The number of anilines is 2. The molecule has 0 unspecified atom stereocenters. The van der Waals surface area contributed by atoms with Crippen LogP contribution in [0.25, 0.3) is 0 Å². The van der Waals surface area contributed by atoms with Crippen molar-refractivity contribution in [2.45, 2.75) is 25.2 Å². The van der Waals surface area contributed by atoms with Crippen LogP contribution in [0.15, 0.2) is 30.3 Å². The monoisotopic (exact) mass is 357 g/mol. The van der Waals surface area contributed by atoms with Crippen LogP contribution in [-0.4, -0.2) is 35.4 Å². The molecule has 6 nitrogen and oxygen atoms in total. The van der Waals surface area contributed by atoms with E-state index in [9.17, 15) is 9.18 Å². The summed E-state index contributed by atoms with van der Waals surface area (Å²) in [7, 11) is 1.84. The molecule has 1 aliphatic carbocycles. The third-order valence-corrected chi connectivity index (χ3v) is 5.17. The van der Waals surface area contributed by atoms with Gasteiger partial charge in [0.1, 0.15) is 11.6 Å². The first-order valence-corrected chi connectivity index (χ1v) is 9.18. The summed E-state index contributed by atoms with van der Waals surface area (Å²) in [6.45, 7) is 2.13. The number of carbonyl (C=O) groups is 1. The van der Waals surface area contributed by atoms with Crippen LogP contribution in [0, 0.1) is 11.7 Å². The fourth-order valence-electron chi connectivity index (χ4n) is 3.51. The number of halogens is 1. The van der Waals surface area contributed by atoms with Crippen LogP contribution in [0.1, 0.15) is 30.9 Å². The Morgan fingerprint density at radius 1 is 1.31 bits per heavy atom. The molecule has 1 saturated heterocycles. The summed E-state index contributed by atoms with van der Waals surface area (Å²) in [6, 6.07) is 8.56. The molecule has 2 aromatic rings. The number of para-hydroxylation sites is 1. The van der Waals surface area contributed by atoms with E-state index in [1.807, 2.05) is 24.1 Å². The molecule has 4 rings (SSSR count). The van der Waals surface area contributed by atoms with Crippen molar-refractivity contribution in [3.8, 4) is 0 Å². The Bertz CT molecular complexity index is 801. The van der Waals surface area contributed by atoms with E-state index < -0.39 is 0 Å². The number of hydrogen-bond donors (Lipinski definition) is 2. The van der Waals surface area contributed by atoms with E-state index in [4.69, 9.17) is 0 Å². The standard InChI is InChI=1S/C19H24FN5O/c1-24-18(10-16(23-24)14-6-7-14)22-19(26)21-11-13-8-9-25(12-13)17-5-3-2-4-15(17)20/h2-5,10,13-14H,6-9,11-12H2,1H3,(H2,21,22,26)/t13-/m1/s1. The lowest BCUT2D eigenvalue weighted by Crippen LogP contribution is -2.34. The molecule has 1 aromatic carbocycles. The van der Waals surface area contributed by atoms with Gasteiger partial charge in [0, 0.05) is 38.7 Å². The summed E-state index contributed by atoms with van der Waals surface area (Å²) in [5.41, 5.74) is 1.70. The molecule has 0 bridgehead atoms. The van der Waals surface area contributed by atoms with Gasteiger partial charge < -0.3 is 10.2 Å². The molecule has 2 heterocycles. The van der Waals surface area contributed by atoms with Crippen molar-refractivity contribution in [2.75, 3.05) is 29.9 Å². The summed E-state index contributed by atoms with van der Waals surface area (Å²) >= 11 is 0. The number of benzene rings is 1. The van der Waals surface area contributed by atoms with Crippen LogP contribution in [0.2, 0.25) is 0 Å². The van der Waals surface area contributed by atoms with Crippen LogP contribution < -0.4 is 15.5 Å². The molecule has 0 spiro atoms. The van der Waals surface area contributed by atoms with Gasteiger partial charge in [0.2, 0.25) is 0 Å². The van der Waals surface area contributed by atoms with E-state index in [1.165, 1.54) is 18.9 Å². The molecule has 26 heavy (non-hydrogen) atoms. The van der Waals surface area contributed by atoms with Gasteiger partial charge in [0.25, 0.3) is 0 Å². The largest absolute Gasteiger partial charge is 0.369 e. The Kier molecular flexibility index (Phi) is 4.53. The fraction of sp³-hybridized carbons (Fsp3) is 0.474. The van der Waals surface area contributed by atoms with Crippen molar-refractivity contribution >= 4 is 17.5 Å². The maximum absolute atomic E-state index is 13.9. The first-order valence-electron chi connectivity index (χ1n) is 9.18. The number of nitrogens with one attached hydrogen (secondary N) is 2. The Balaban J connectivity index is 1.27. The zero-order valence-electron chi connectivity index (χ0n) is 14.9. The summed E-state index contributed by atoms with van der Waals surface area (Å²) < 4.78 is 15.6. The van der Waals surface area contributed by atoms with Crippen molar-refractivity contribution < 1.29 is 9.18 Å². The SMILES string of the molecule is Cn1nc(C2CC2)cc1NC(=O)NC[C@H]1CCN(c2ccccc2F)C1. The number of rotatable bonds is 5. The lowest BCUT2D eigenvalue weighted by atomic mass is 10.1. The van der Waals surface area contributed by atoms with E-state index in [-0.39, 0.29) is 11.8 Å². The van der Waals surface area contributed by atoms with Gasteiger partial charge in [-0.3, -0.25) is 10.00 Å². The van der Waals surface area contributed by atoms with Crippen LogP contribution in [0.3, 0.4) is 0 Å². The minimum Gasteiger partial charge on any atom is -0.369 e. The first-order chi connectivity index (χ1) is 12.6. The molecule has 2 aliphatic rings. The molecule has 2 fully saturated rings. The molecule has 2 N–H and O–H groups in total. The van der Waals surface area contributed by atoms with Crippen LogP contribution >= 0.6 is 0 Å². The average Bonchev–Trinajstić information content (AvgIpc) is 3.27. The molecular formula is C19H24FN5O. The summed E-state index contributed by atoms with van der Waals surface area (Å²) in [5, 5.41) is 10.2. The number of urea groups is 1. The molecule has 1 atom stereocenters. The van der Waals surface area contributed by atoms with E-state index in [1.54, 1.807) is 16.8 Å². The Morgan fingerprint density at radius 2 is 2.12 bits per heavy atom. The molecule has 138 valence electrons. The number of carbonyl (C=O) groups excluding carboxylic acids is 1. The van der Waals surface area contributed by atoms with Gasteiger partial charge in [-0.25, -0.2) is 9.18 Å². The minimum atomic E-state index is -0.223. The van der Waals surface area contributed by atoms with Gasteiger partial charge >= 0.3 is 6.03 Å². The van der Waals surface area contributed by atoms with Gasteiger partial charge in [-0.2, -0.15) is 5.10 Å². The predicted octanol–water partition coefficient (Wildman–Crippen LogP) is 3.08. The second-order valence-electron chi connectivity index (χ2n) is 7.24. The zero-order chi connectivity index (χ0) is 18.1. The van der Waals surface area contributed by atoms with Crippen LogP contribution in [-0.2, 0) is 7.05 Å². The van der Waals surface area contributed by atoms with Crippen molar-refractivity contribution in [1.82, 2.24) is 15.1 Å². The van der Waals surface area contributed by atoms with Gasteiger partial charge in [0.05, 0.1) is 11.4 Å². The summed E-state index contributed by atoms with van der Waals surface area (Å²) in [4.78, 5) is 14.2. The third-order valence-electron chi connectivity index (χ3n) is 5.17. The molecule has 1 aromatic heterocycles. The van der Waals surface area contributed by atoms with Crippen molar-refractivity contribution in [3.63, 3.8) is 0 Å². The molecule has 1 aliphatic heterocycles. The van der Waals surface area contributed by atoms with E-state index >= 15 is 0 Å². The number of aromatic nitrogens is 2. The Morgan fingerprint density at radius 3 is 2.88 bits per heavy atom. The van der Waals surface area contributed by atoms with E-state index in [2.05, 4.69) is 15.7 Å². The second kappa shape index (κ2) is 6.97. The van der Waals surface area contributed by atoms with Crippen molar-refractivity contribution in [2.24, 2.45) is 13.0 Å². The highest BCUT2D eigenvalue weighted by molar-refractivity contribution is 5.88. The van der Waals surface area contributed by atoms with Gasteiger partial charge in [0.15, 0.2) is 0 Å². The molecule has 1 saturated carbocycles. The average molecular weight is 357 g/mol. The Hall–Kier alpha value is -2.57. The first kappa shape index (κ1) is 16.9.